The Labute approximate surface area is 187 Å². The van der Waals surface area contributed by atoms with Gasteiger partial charge in [-0.25, -0.2) is 4.79 Å². The normalized spacial score (nSPS) is 15.5. The van der Waals surface area contributed by atoms with E-state index in [4.69, 9.17) is 17.2 Å². The highest BCUT2D eigenvalue weighted by atomic mass is 32.1. The van der Waals surface area contributed by atoms with Crippen LogP contribution in [0.1, 0.15) is 40.0 Å². The maximum Gasteiger partial charge on any atom is 0.326 e. The number of carbonyl (C=O) groups excluding carboxylic acids is 3. The summed E-state index contributed by atoms with van der Waals surface area (Å²) >= 11 is 3.93. The average Bonchev–Trinajstić information content (AvgIpc) is 2.71. The molecular weight excluding hydrogens is 426 g/mol. The van der Waals surface area contributed by atoms with Crippen LogP contribution in [0.5, 0.6) is 0 Å². The predicted octanol–water partition coefficient (Wildman–Crippen LogP) is -2.10. The third kappa shape index (κ3) is 10.9. The van der Waals surface area contributed by atoms with Crippen molar-refractivity contribution in [3.63, 3.8) is 0 Å². The fourth-order valence-electron chi connectivity index (χ4n) is 2.47. The van der Waals surface area contributed by atoms with Crippen molar-refractivity contribution in [2.75, 3.05) is 12.3 Å². The molecule has 0 fully saturated rings. The summed E-state index contributed by atoms with van der Waals surface area (Å²) < 4.78 is 0. The quantitative estimate of drug-likeness (QED) is 0.0619. The minimum Gasteiger partial charge on any atom is -0.480 e. The molecule has 31 heavy (non-hydrogen) atoms. The van der Waals surface area contributed by atoms with Gasteiger partial charge in [0, 0.05) is 12.3 Å². The van der Waals surface area contributed by atoms with Crippen LogP contribution in [0.3, 0.4) is 0 Å². The molecular formula is C18H35N7O5S. The molecule has 0 radical (unpaired) electrons. The molecule has 0 saturated carbocycles. The molecule has 12 nitrogen and oxygen atoms in total. The summed E-state index contributed by atoms with van der Waals surface area (Å²) in [5.74, 6) is -3.34. The molecule has 0 aliphatic heterocycles. The molecule has 0 rings (SSSR count). The second kappa shape index (κ2) is 14.5. The van der Waals surface area contributed by atoms with Gasteiger partial charge in [-0.05, 0) is 25.7 Å². The Bertz CT molecular complexity index is 657. The van der Waals surface area contributed by atoms with Crippen molar-refractivity contribution < 1.29 is 24.3 Å². The second-order valence-electron chi connectivity index (χ2n) is 7.24. The lowest BCUT2D eigenvalue weighted by Gasteiger charge is -2.25. The fraction of sp³-hybridized carbons (Fsp3) is 0.722. The van der Waals surface area contributed by atoms with Gasteiger partial charge in [-0.2, -0.15) is 12.6 Å². The van der Waals surface area contributed by atoms with Crippen molar-refractivity contribution in [1.29, 1.82) is 0 Å². The zero-order valence-electron chi connectivity index (χ0n) is 18.1. The Morgan fingerprint density at radius 1 is 1.03 bits per heavy atom. The highest BCUT2D eigenvalue weighted by molar-refractivity contribution is 7.80. The molecule has 178 valence electrons. The minimum atomic E-state index is -1.17. The monoisotopic (exact) mass is 461 g/mol. The number of carboxylic acid groups (broad SMARTS) is 1. The van der Waals surface area contributed by atoms with Gasteiger partial charge in [0.15, 0.2) is 5.96 Å². The van der Waals surface area contributed by atoms with E-state index in [1.54, 1.807) is 13.8 Å². The number of thiol groups is 1. The van der Waals surface area contributed by atoms with Crippen LogP contribution in [0.4, 0.5) is 0 Å². The van der Waals surface area contributed by atoms with Crippen LogP contribution in [0.15, 0.2) is 4.99 Å². The van der Waals surface area contributed by atoms with E-state index < -0.39 is 47.9 Å². The van der Waals surface area contributed by atoms with Crippen LogP contribution >= 0.6 is 12.6 Å². The van der Waals surface area contributed by atoms with Gasteiger partial charge in [0.1, 0.15) is 18.1 Å². The number of nitrogens with zero attached hydrogens (tertiary/aromatic N) is 1. The summed E-state index contributed by atoms with van der Waals surface area (Å²) in [7, 11) is 0. The van der Waals surface area contributed by atoms with Crippen LogP contribution in [-0.4, -0.2) is 71.2 Å². The third-order valence-electron chi connectivity index (χ3n) is 4.64. The molecule has 0 bridgehead atoms. The van der Waals surface area contributed by atoms with Crippen molar-refractivity contribution >= 4 is 42.3 Å². The number of carbonyl (C=O) groups is 4. The standard InChI is InChI=1S/C18H35N7O5S/c1-4-9(2)13(17(29)30)25-16(28)12(6-5-7-22-18(20)21)24-14(26)10(3)23-15(27)11(19)8-31/h9-13,31H,4-8,19H2,1-3H3,(H,23,27)(H,24,26)(H,25,28)(H,29,30)(H4,20,21,22). The van der Waals surface area contributed by atoms with Gasteiger partial charge >= 0.3 is 5.97 Å². The molecule has 0 aromatic heterocycles. The smallest absolute Gasteiger partial charge is 0.326 e. The summed E-state index contributed by atoms with van der Waals surface area (Å²) in [6, 6.07) is -4.02. The molecule has 5 atom stereocenters. The molecule has 0 aliphatic rings. The summed E-state index contributed by atoms with van der Waals surface area (Å²) in [6.45, 7) is 5.17. The second-order valence-corrected chi connectivity index (χ2v) is 7.60. The number of hydrogen-bond acceptors (Lipinski definition) is 7. The van der Waals surface area contributed by atoms with E-state index in [0.29, 0.717) is 12.8 Å². The molecule has 0 saturated heterocycles. The highest BCUT2D eigenvalue weighted by Gasteiger charge is 2.30. The fourth-order valence-corrected chi connectivity index (χ4v) is 2.64. The van der Waals surface area contributed by atoms with Crippen LogP contribution in [-0.2, 0) is 19.2 Å². The van der Waals surface area contributed by atoms with Crippen LogP contribution < -0.4 is 33.2 Å². The zero-order valence-corrected chi connectivity index (χ0v) is 19.0. The van der Waals surface area contributed by atoms with Crippen molar-refractivity contribution in [3.05, 3.63) is 0 Å². The summed E-state index contributed by atoms with van der Waals surface area (Å²) in [6.07, 6.45) is 1.04. The highest BCUT2D eigenvalue weighted by Crippen LogP contribution is 2.09. The molecule has 0 aromatic carbocycles. The molecule has 0 aromatic rings. The first-order valence-corrected chi connectivity index (χ1v) is 10.6. The van der Waals surface area contributed by atoms with E-state index in [1.165, 1.54) is 6.92 Å². The molecule has 5 unspecified atom stereocenters. The van der Waals surface area contributed by atoms with E-state index in [0.717, 1.165) is 0 Å². The number of amides is 3. The minimum absolute atomic E-state index is 0.0994. The lowest BCUT2D eigenvalue weighted by atomic mass is 9.98. The SMILES string of the molecule is CCC(C)C(NC(=O)C(CCCN=C(N)N)NC(=O)C(C)NC(=O)C(N)CS)C(=O)O. The Morgan fingerprint density at radius 3 is 2.13 bits per heavy atom. The van der Waals surface area contributed by atoms with Crippen molar-refractivity contribution in [2.24, 2.45) is 28.1 Å². The Hall–Kier alpha value is -2.54. The van der Waals surface area contributed by atoms with Crippen LogP contribution in [0.25, 0.3) is 0 Å². The number of guanidine groups is 1. The lowest BCUT2D eigenvalue weighted by molar-refractivity contribution is -0.143. The summed E-state index contributed by atoms with van der Waals surface area (Å²) in [4.78, 5) is 52.5. The first-order chi connectivity index (χ1) is 14.4. The van der Waals surface area contributed by atoms with Gasteiger partial charge < -0.3 is 38.3 Å². The Morgan fingerprint density at radius 2 is 1.65 bits per heavy atom. The molecule has 3 amide bonds. The summed E-state index contributed by atoms with van der Waals surface area (Å²) in [5, 5.41) is 16.9. The number of aliphatic carboxylic acids is 1. The maximum atomic E-state index is 12.7. The van der Waals surface area contributed by atoms with E-state index in [9.17, 15) is 24.3 Å². The number of carboxylic acids is 1. The van der Waals surface area contributed by atoms with E-state index in [2.05, 4.69) is 33.6 Å². The zero-order chi connectivity index (χ0) is 24.1. The first-order valence-electron chi connectivity index (χ1n) is 10.00. The molecule has 10 N–H and O–H groups in total. The van der Waals surface area contributed by atoms with Gasteiger partial charge in [0.2, 0.25) is 17.7 Å². The van der Waals surface area contributed by atoms with E-state index in [-0.39, 0.29) is 30.6 Å². The van der Waals surface area contributed by atoms with Gasteiger partial charge in [-0.1, -0.05) is 20.3 Å². The number of rotatable bonds is 14. The molecule has 0 aliphatic carbocycles. The maximum absolute atomic E-state index is 12.7. The third-order valence-corrected chi connectivity index (χ3v) is 5.03. The van der Waals surface area contributed by atoms with Gasteiger partial charge in [-0.15, -0.1) is 0 Å². The van der Waals surface area contributed by atoms with E-state index >= 15 is 0 Å². The van der Waals surface area contributed by atoms with E-state index in [1.807, 2.05) is 0 Å². The van der Waals surface area contributed by atoms with Crippen LogP contribution in [0.2, 0.25) is 0 Å². The predicted molar refractivity (Wildman–Crippen MR) is 120 cm³/mol. The number of aliphatic imine (C=N–C) groups is 1. The number of nitrogens with two attached hydrogens (primary N) is 3. The molecule has 0 spiro atoms. The van der Waals surface area contributed by atoms with Crippen molar-refractivity contribution in [1.82, 2.24) is 16.0 Å². The van der Waals surface area contributed by atoms with Crippen LogP contribution in [0, 0.1) is 5.92 Å². The molecule has 0 heterocycles. The van der Waals surface area contributed by atoms with Gasteiger partial charge in [0.25, 0.3) is 0 Å². The Balaban J connectivity index is 5.28. The first kappa shape index (κ1) is 28.5. The lowest BCUT2D eigenvalue weighted by Crippen LogP contribution is -2.57. The van der Waals surface area contributed by atoms with Gasteiger partial charge in [-0.3, -0.25) is 19.4 Å². The Kier molecular flexibility index (Phi) is 13.3. The van der Waals surface area contributed by atoms with Crippen molar-refractivity contribution in [3.8, 4) is 0 Å². The average molecular weight is 462 g/mol. The largest absolute Gasteiger partial charge is 0.480 e. The summed E-state index contributed by atoms with van der Waals surface area (Å²) in [5.41, 5.74) is 16.1. The molecule has 13 heteroatoms. The van der Waals surface area contributed by atoms with Gasteiger partial charge in [0.05, 0.1) is 6.04 Å². The van der Waals surface area contributed by atoms with Crippen molar-refractivity contribution in [2.45, 2.75) is 64.2 Å². The topological polar surface area (TPSA) is 215 Å². The number of hydrogen-bond donors (Lipinski definition) is 8. The number of nitrogens with one attached hydrogen (secondary N) is 3.